The van der Waals surface area contributed by atoms with Gasteiger partial charge >= 0.3 is 6.18 Å². The van der Waals surface area contributed by atoms with Gasteiger partial charge in [0.15, 0.2) is 0 Å². The number of rotatable bonds is 4. The van der Waals surface area contributed by atoms with Gasteiger partial charge in [-0.3, -0.25) is 10.1 Å². The van der Waals surface area contributed by atoms with Crippen molar-refractivity contribution in [2.75, 3.05) is 6.61 Å². The summed E-state index contributed by atoms with van der Waals surface area (Å²) in [6.07, 6.45) is -4.78. The quantitative estimate of drug-likeness (QED) is 0.523. The largest absolute Gasteiger partial charge is 0.423 e. The average molecular weight is 281 g/mol. The molecule has 0 radical (unpaired) electrons. The number of hydrogen-bond donors (Lipinski definition) is 1. The Morgan fingerprint density at radius 2 is 2.11 bits per heavy atom. The summed E-state index contributed by atoms with van der Waals surface area (Å²) in [5.74, 6) is 0. The van der Waals surface area contributed by atoms with Gasteiger partial charge in [-0.1, -0.05) is 6.92 Å². The number of alkyl halides is 3. The SMILES string of the molecule is CC(CO)Sc1ccc([N+](=O)[O-])c(C(F)(F)F)c1. The third kappa shape index (κ3) is 3.61. The van der Waals surface area contributed by atoms with Gasteiger partial charge in [-0.25, -0.2) is 0 Å². The number of halogens is 3. The van der Waals surface area contributed by atoms with Crippen molar-refractivity contribution in [1.82, 2.24) is 0 Å². The van der Waals surface area contributed by atoms with Gasteiger partial charge in [0.1, 0.15) is 5.56 Å². The molecule has 0 aromatic heterocycles. The molecule has 8 heteroatoms. The van der Waals surface area contributed by atoms with E-state index in [0.717, 1.165) is 23.9 Å². The Balaban J connectivity index is 3.18. The normalized spacial score (nSPS) is 13.4. The van der Waals surface area contributed by atoms with E-state index in [1.54, 1.807) is 6.92 Å². The molecule has 4 nitrogen and oxygen atoms in total. The minimum Gasteiger partial charge on any atom is -0.395 e. The summed E-state index contributed by atoms with van der Waals surface area (Å²) >= 11 is 1.02. The van der Waals surface area contributed by atoms with E-state index in [-0.39, 0.29) is 16.8 Å². The van der Waals surface area contributed by atoms with Crippen molar-refractivity contribution >= 4 is 17.4 Å². The molecule has 1 rings (SSSR count). The second-order valence-electron chi connectivity index (χ2n) is 3.54. The lowest BCUT2D eigenvalue weighted by atomic mass is 10.2. The third-order valence-electron chi connectivity index (χ3n) is 2.06. The first-order valence-electron chi connectivity index (χ1n) is 4.89. The highest BCUT2D eigenvalue weighted by atomic mass is 32.2. The molecule has 100 valence electrons. The fourth-order valence-corrected chi connectivity index (χ4v) is 2.12. The average Bonchev–Trinajstić information content (AvgIpc) is 2.27. The standard InChI is InChI=1S/C10H10F3NO3S/c1-6(5-15)18-7-2-3-9(14(16)17)8(4-7)10(11,12)13/h2-4,6,15H,5H2,1H3. The highest BCUT2D eigenvalue weighted by Crippen LogP contribution is 2.38. The predicted molar refractivity (Wildman–Crippen MR) is 60.5 cm³/mol. The summed E-state index contributed by atoms with van der Waals surface area (Å²) < 4.78 is 37.9. The van der Waals surface area contributed by atoms with Crippen LogP contribution in [0.25, 0.3) is 0 Å². The van der Waals surface area contributed by atoms with Gasteiger partial charge in [0, 0.05) is 16.2 Å². The van der Waals surface area contributed by atoms with Crippen molar-refractivity contribution in [1.29, 1.82) is 0 Å². The van der Waals surface area contributed by atoms with Gasteiger partial charge in [0.05, 0.1) is 11.5 Å². The Morgan fingerprint density at radius 1 is 1.50 bits per heavy atom. The van der Waals surface area contributed by atoms with Crippen molar-refractivity contribution in [2.24, 2.45) is 0 Å². The maximum Gasteiger partial charge on any atom is 0.423 e. The molecule has 1 N–H and O–H groups in total. The lowest BCUT2D eigenvalue weighted by Crippen LogP contribution is -2.09. The molecule has 0 aliphatic heterocycles. The molecule has 0 heterocycles. The van der Waals surface area contributed by atoms with Crippen LogP contribution in [0.1, 0.15) is 12.5 Å². The molecule has 1 aromatic rings. The van der Waals surface area contributed by atoms with Crippen LogP contribution < -0.4 is 0 Å². The van der Waals surface area contributed by atoms with Crippen LogP contribution >= 0.6 is 11.8 Å². The molecule has 1 aromatic carbocycles. The number of hydrogen-bond acceptors (Lipinski definition) is 4. The van der Waals surface area contributed by atoms with Gasteiger partial charge in [0.25, 0.3) is 5.69 Å². The van der Waals surface area contributed by atoms with Crippen molar-refractivity contribution in [3.05, 3.63) is 33.9 Å². The third-order valence-corrected chi connectivity index (χ3v) is 3.14. The Bertz CT molecular complexity index is 450. The summed E-state index contributed by atoms with van der Waals surface area (Å²) in [5, 5.41) is 19.0. The van der Waals surface area contributed by atoms with Crippen LogP contribution in [0.4, 0.5) is 18.9 Å². The second kappa shape index (κ2) is 5.57. The van der Waals surface area contributed by atoms with Crippen LogP contribution in [-0.4, -0.2) is 21.9 Å². The van der Waals surface area contributed by atoms with Crippen LogP contribution in [0, 0.1) is 10.1 Å². The van der Waals surface area contributed by atoms with Crippen molar-refractivity contribution in [3.63, 3.8) is 0 Å². The van der Waals surface area contributed by atoms with Gasteiger partial charge < -0.3 is 5.11 Å². The number of nitrogens with zero attached hydrogens (tertiary/aromatic N) is 1. The van der Waals surface area contributed by atoms with E-state index in [1.807, 2.05) is 0 Å². The van der Waals surface area contributed by atoms with Crippen LogP contribution in [-0.2, 0) is 6.18 Å². The summed E-state index contributed by atoms with van der Waals surface area (Å²) in [6.45, 7) is 1.45. The van der Waals surface area contributed by atoms with E-state index in [4.69, 9.17) is 5.11 Å². The second-order valence-corrected chi connectivity index (χ2v) is 5.06. The Labute approximate surface area is 105 Å². The first-order valence-corrected chi connectivity index (χ1v) is 5.77. The molecular formula is C10H10F3NO3S. The van der Waals surface area contributed by atoms with Crippen LogP contribution in [0.15, 0.2) is 23.1 Å². The van der Waals surface area contributed by atoms with Crippen molar-refractivity contribution in [2.45, 2.75) is 23.2 Å². The molecule has 0 saturated heterocycles. The smallest absolute Gasteiger partial charge is 0.395 e. The first-order chi connectivity index (χ1) is 8.25. The molecule has 0 bridgehead atoms. The zero-order valence-corrected chi connectivity index (χ0v) is 10.1. The molecule has 0 saturated carbocycles. The van der Waals surface area contributed by atoms with Gasteiger partial charge in [0.2, 0.25) is 0 Å². The molecule has 0 amide bonds. The molecule has 0 aliphatic rings. The predicted octanol–water partition coefficient (Wildman–Crippen LogP) is 3.09. The molecule has 0 fully saturated rings. The van der Waals surface area contributed by atoms with Crippen LogP contribution in [0.3, 0.4) is 0 Å². The zero-order valence-electron chi connectivity index (χ0n) is 9.27. The number of nitro groups is 1. The highest BCUT2D eigenvalue weighted by molar-refractivity contribution is 8.00. The minimum atomic E-state index is -4.78. The number of benzene rings is 1. The topological polar surface area (TPSA) is 63.4 Å². The Hall–Kier alpha value is -1.28. The lowest BCUT2D eigenvalue weighted by molar-refractivity contribution is -0.388. The van der Waals surface area contributed by atoms with E-state index in [0.29, 0.717) is 0 Å². The Morgan fingerprint density at radius 3 is 2.56 bits per heavy atom. The van der Waals surface area contributed by atoms with E-state index in [2.05, 4.69) is 0 Å². The number of nitro benzene ring substituents is 1. The first kappa shape index (κ1) is 14.8. The van der Waals surface area contributed by atoms with E-state index >= 15 is 0 Å². The molecule has 0 aliphatic carbocycles. The van der Waals surface area contributed by atoms with Gasteiger partial charge in [-0.05, 0) is 12.1 Å². The van der Waals surface area contributed by atoms with E-state index in [1.165, 1.54) is 6.07 Å². The van der Waals surface area contributed by atoms with E-state index < -0.39 is 22.4 Å². The monoisotopic (exact) mass is 281 g/mol. The van der Waals surface area contributed by atoms with E-state index in [9.17, 15) is 23.3 Å². The fourth-order valence-electron chi connectivity index (χ4n) is 1.24. The summed E-state index contributed by atoms with van der Waals surface area (Å²) in [7, 11) is 0. The molecular weight excluding hydrogens is 271 g/mol. The van der Waals surface area contributed by atoms with Crippen LogP contribution in [0.2, 0.25) is 0 Å². The highest BCUT2D eigenvalue weighted by Gasteiger charge is 2.38. The molecule has 0 spiro atoms. The Kier molecular flexibility index (Phi) is 4.58. The maximum atomic E-state index is 12.6. The van der Waals surface area contributed by atoms with Gasteiger partial charge in [-0.2, -0.15) is 13.2 Å². The molecule has 1 atom stereocenters. The van der Waals surface area contributed by atoms with Gasteiger partial charge in [-0.15, -0.1) is 11.8 Å². The fraction of sp³-hybridized carbons (Fsp3) is 0.400. The summed E-state index contributed by atoms with van der Waals surface area (Å²) in [4.78, 5) is 9.69. The van der Waals surface area contributed by atoms with Crippen molar-refractivity contribution < 1.29 is 23.2 Å². The lowest BCUT2D eigenvalue weighted by Gasteiger charge is -2.11. The number of aliphatic hydroxyl groups is 1. The van der Waals surface area contributed by atoms with Crippen molar-refractivity contribution in [3.8, 4) is 0 Å². The number of thioether (sulfide) groups is 1. The zero-order chi connectivity index (χ0) is 13.9. The minimum absolute atomic E-state index is 0.191. The maximum absolute atomic E-state index is 12.6. The van der Waals surface area contributed by atoms with Crippen LogP contribution in [0.5, 0.6) is 0 Å². The molecule has 18 heavy (non-hydrogen) atoms. The molecule has 1 unspecified atom stereocenters. The summed E-state index contributed by atoms with van der Waals surface area (Å²) in [6, 6.07) is 2.80. The number of aliphatic hydroxyl groups excluding tert-OH is 1. The summed E-state index contributed by atoms with van der Waals surface area (Å²) in [5.41, 5.74) is -2.24.